The van der Waals surface area contributed by atoms with Crippen LogP contribution in [0.2, 0.25) is 0 Å². The zero-order chi connectivity index (χ0) is 10.5. The van der Waals surface area contributed by atoms with Crippen LogP contribution in [0.15, 0.2) is 39.8 Å². The van der Waals surface area contributed by atoms with Crippen LogP contribution in [0.3, 0.4) is 0 Å². The number of hydrogen-bond acceptors (Lipinski definition) is 3. The molecular weight excluding hydrogens is 188 g/mol. The Balaban J connectivity index is 2.30. The predicted octanol–water partition coefficient (Wildman–Crippen LogP) is 2.19. The van der Waals surface area contributed by atoms with E-state index >= 15 is 0 Å². The van der Waals surface area contributed by atoms with Gasteiger partial charge in [-0.3, -0.25) is 4.99 Å². The van der Waals surface area contributed by atoms with Crippen molar-refractivity contribution in [1.29, 1.82) is 0 Å². The number of ether oxygens (including phenoxy) is 1. The van der Waals surface area contributed by atoms with Gasteiger partial charge in [0, 0.05) is 11.8 Å². The van der Waals surface area contributed by atoms with Gasteiger partial charge in [0.2, 0.25) is 0 Å². The topological polar surface area (TPSA) is 34.0 Å². The summed E-state index contributed by atoms with van der Waals surface area (Å²) in [5.41, 5.74) is 2.14. The fraction of sp³-hybridized carbons (Fsp3) is 0.167. The van der Waals surface area contributed by atoms with Gasteiger partial charge in [-0.2, -0.15) is 0 Å². The van der Waals surface area contributed by atoms with E-state index in [4.69, 9.17) is 4.74 Å². The van der Waals surface area contributed by atoms with Gasteiger partial charge in [0.25, 0.3) is 0 Å². The lowest BCUT2D eigenvalue weighted by Crippen LogP contribution is -1.96. The highest BCUT2D eigenvalue weighted by Gasteiger charge is 2.01. The third-order valence-corrected chi connectivity index (χ3v) is 2.14. The van der Waals surface area contributed by atoms with Crippen LogP contribution in [-0.2, 0) is 0 Å². The molecule has 3 nitrogen and oxygen atoms in total. The Morgan fingerprint density at radius 1 is 1.33 bits per heavy atom. The minimum absolute atomic E-state index is 0.682. The quantitative estimate of drug-likeness (QED) is 0.720. The minimum atomic E-state index is 0.682. The van der Waals surface area contributed by atoms with Gasteiger partial charge < -0.3 is 4.74 Å². The Kier molecular flexibility index (Phi) is 2.93. The summed E-state index contributed by atoms with van der Waals surface area (Å²) in [6.45, 7) is 0.682. The van der Waals surface area contributed by atoms with Gasteiger partial charge in [0.15, 0.2) is 0 Å². The molecule has 1 aliphatic heterocycles. The Labute approximate surface area is 88.8 Å². The van der Waals surface area contributed by atoms with Crippen molar-refractivity contribution in [3.8, 4) is 5.75 Å². The Morgan fingerprint density at radius 2 is 2.20 bits per heavy atom. The van der Waals surface area contributed by atoms with Gasteiger partial charge in [-0.15, -0.1) is 0 Å². The summed E-state index contributed by atoms with van der Waals surface area (Å²) < 4.78 is 5.26. The maximum atomic E-state index is 5.26. The fourth-order valence-corrected chi connectivity index (χ4v) is 1.43. The average Bonchev–Trinajstić information content (AvgIpc) is 2.31. The molecule has 0 atom stereocenters. The third-order valence-electron chi connectivity index (χ3n) is 2.14. The zero-order valence-electron chi connectivity index (χ0n) is 8.55. The van der Waals surface area contributed by atoms with E-state index in [-0.39, 0.29) is 0 Å². The summed E-state index contributed by atoms with van der Waals surface area (Å²) in [7, 11) is 1.67. The molecule has 0 fully saturated rings. The minimum Gasteiger partial charge on any atom is -0.496 e. The first-order chi connectivity index (χ1) is 7.40. The molecule has 1 aliphatic rings. The highest BCUT2D eigenvalue weighted by atomic mass is 16.5. The van der Waals surface area contributed by atoms with Crippen LogP contribution in [-0.4, -0.2) is 26.2 Å². The van der Waals surface area contributed by atoms with Crippen molar-refractivity contribution in [2.75, 3.05) is 13.7 Å². The lowest BCUT2D eigenvalue weighted by Gasteiger charge is -2.06. The number of methoxy groups -OCH3 is 1. The number of hydrogen-bond donors (Lipinski definition) is 0. The number of para-hydroxylation sites is 1. The van der Waals surface area contributed by atoms with Crippen molar-refractivity contribution in [3.63, 3.8) is 0 Å². The van der Waals surface area contributed by atoms with E-state index in [9.17, 15) is 0 Å². The molecule has 0 amide bonds. The second kappa shape index (κ2) is 4.55. The monoisotopic (exact) mass is 200 g/mol. The van der Waals surface area contributed by atoms with E-state index in [0.29, 0.717) is 6.54 Å². The van der Waals surface area contributed by atoms with Gasteiger partial charge in [0.05, 0.1) is 13.7 Å². The molecule has 1 aromatic carbocycles. The molecule has 0 spiro atoms. The van der Waals surface area contributed by atoms with Gasteiger partial charge in [-0.05, 0) is 17.7 Å². The largest absolute Gasteiger partial charge is 0.496 e. The smallest absolute Gasteiger partial charge is 0.126 e. The SMILES string of the molecule is COc1ccccc1C=C1C=NC=NC1. The van der Waals surface area contributed by atoms with E-state index in [1.807, 2.05) is 36.6 Å². The van der Waals surface area contributed by atoms with E-state index < -0.39 is 0 Å². The summed E-state index contributed by atoms with van der Waals surface area (Å²) in [5.74, 6) is 0.868. The first kappa shape index (κ1) is 9.65. The van der Waals surface area contributed by atoms with Crippen molar-refractivity contribution < 1.29 is 4.74 Å². The van der Waals surface area contributed by atoms with Crippen LogP contribution in [0, 0.1) is 0 Å². The zero-order valence-corrected chi connectivity index (χ0v) is 8.55. The first-order valence-corrected chi connectivity index (χ1v) is 4.75. The summed E-state index contributed by atoms with van der Waals surface area (Å²) in [6.07, 6.45) is 5.43. The first-order valence-electron chi connectivity index (χ1n) is 4.75. The number of benzene rings is 1. The molecule has 0 saturated carbocycles. The van der Waals surface area contributed by atoms with Gasteiger partial charge in [0.1, 0.15) is 12.1 Å². The fourth-order valence-electron chi connectivity index (χ4n) is 1.43. The maximum Gasteiger partial charge on any atom is 0.126 e. The summed E-state index contributed by atoms with van der Waals surface area (Å²) >= 11 is 0. The number of aliphatic imine (C=N–C) groups is 2. The molecule has 0 aliphatic carbocycles. The van der Waals surface area contributed by atoms with Crippen LogP contribution in [0.4, 0.5) is 0 Å². The van der Waals surface area contributed by atoms with Crippen LogP contribution >= 0.6 is 0 Å². The molecule has 0 unspecified atom stereocenters. The van der Waals surface area contributed by atoms with E-state index in [1.165, 1.54) is 0 Å². The van der Waals surface area contributed by atoms with Crippen molar-refractivity contribution in [3.05, 3.63) is 35.4 Å². The van der Waals surface area contributed by atoms with Crippen molar-refractivity contribution in [1.82, 2.24) is 0 Å². The Morgan fingerprint density at radius 3 is 2.93 bits per heavy atom. The lowest BCUT2D eigenvalue weighted by molar-refractivity contribution is 0.414. The van der Waals surface area contributed by atoms with Gasteiger partial charge >= 0.3 is 0 Å². The van der Waals surface area contributed by atoms with Gasteiger partial charge in [-0.1, -0.05) is 18.2 Å². The molecule has 0 N–H and O–H groups in total. The summed E-state index contributed by atoms with van der Waals surface area (Å²) in [4.78, 5) is 8.06. The molecule has 1 heterocycles. The molecule has 0 aromatic heterocycles. The van der Waals surface area contributed by atoms with Crippen LogP contribution in [0.25, 0.3) is 6.08 Å². The third kappa shape index (κ3) is 2.31. The van der Waals surface area contributed by atoms with E-state index in [0.717, 1.165) is 16.9 Å². The highest BCUT2D eigenvalue weighted by molar-refractivity contribution is 5.92. The normalized spacial score (nSPS) is 17.0. The molecule has 3 heteroatoms. The second-order valence-corrected chi connectivity index (χ2v) is 3.20. The van der Waals surface area contributed by atoms with Crippen LogP contribution < -0.4 is 4.74 Å². The van der Waals surface area contributed by atoms with Crippen molar-refractivity contribution in [2.45, 2.75) is 0 Å². The Bertz CT molecular complexity index is 433. The Hall–Kier alpha value is -1.90. The maximum absolute atomic E-state index is 5.26. The summed E-state index contributed by atoms with van der Waals surface area (Å²) in [5, 5.41) is 0. The molecule has 0 saturated heterocycles. The number of rotatable bonds is 2. The average molecular weight is 200 g/mol. The van der Waals surface area contributed by atoms with E-state index in [1.54, 1.807) is 13.4 Å². The van der Waals surface area contributed by atoms with Crippen molar-refractivity contribution >= 4 is 18.6 Å². The van der Waals surface area contributed by atoms with Gasteiger partial charge in [-0.25, -0.2) is 4.99 Å². The van der Waals surface area contributed by atoms with E-state index in [2.05, 4.69) is 9.98 Å². The molecule has 76 valence electrons. The molecular formula is C12H12N2O. The molecule has 1 aromatic rings. The number of nitrogens with zero attached hydrogens (tertiary/aromatic N) is 2. The molecule has 2 rings (SSSR count). The molecule has 0 radical (unpaired) electrons. The standard InChI is InChI=1S/C12H12N2O/c1-15-12-5-3-2-4-11(12)6-10-7-13-9-14-8-10/h2-7,9H,8H2,1H3. The predicted molar refractivity (Wildman–Crippen MR) is 62.8 cm³/mol. The highest BCUT2D eigenvalue weighted by Crippen LogP contribution is 2.20. The molecule has 0 bridgehead atoms. The van der Waals surface area contributed by atoms with Crippen molar-refractivity contribution in [2.24, 2.45) is 9.98 Å². The second-order valence-electron chi connectivity index (χ2n) is 3.20. The van der Waals surface area contributed by atoms with Crippen LogP contribution in [0.5, 0.6) is 5.75 Å². The summed E-state index contributed by atoms with van der Waals surface area (Å²) in [6, 6.07) is 7.89. The van der Waals surface area contributed by atoms with Crippen LogP contribution in [0.1, 0.15) is 5.56 Å². The molecule has 15 heavy (non-hydrogen) atoms. The lowest BCUT2D eigenvalue weighted by atomic mass is 10.1.